The Morgan fingerprint density at radius 1 is 1.55 bits per heavy atom. The van der Waals surface area contributed by atoms with Gasteiger partial charge in [-0.15, -0.1) is 0 Å². The largest absolute Gasteiger partial charge is 0.481 e. The molecule has 0 saturated heterocycles. The molecular weight excluding hydrogens is 302 g/mol. The van der Waals surface area contributed by atoms with Crippen LogP contribution in [-0.4, -0.2) is 51.2 Å². The first-order valence-electron chi connectivity index (χ1n) is 5.99. The summed E-state index contributed by atoms with van der Waals surface area (Å²) in [6, 6.07) is 0. The Bertz CT molecular complexity index is 513. The quantitative estimate of drug-likeness (QED) is 0.638. The molecule has 1 atom stereocenters. The fourth-order valence-corrected chi connectivity index (χ4v) is 2.03. The number of aliphatic carboxylic acids is 1. The van der Waals surface area contributed by atoms with E-state index in [9.17, 15) is 9.59 Å². The van der Waals surface area contributed by atoms with Gasteiger partial charge in [-0.05, 0) is 13.2 Å². The fourth-order valence-electron chi connectivity index (χ4n) is 1.51. The van der Waals surface area contributed by atoms with Gasteiger partial charge in [-0.25, -0.2) is 9.97 Å². The average Bonchev–Trinajstić information content (AvgIpc) is 2.44. The van der Waals surface area contributed by atoms with E-state index in [1.165, 1.54) is 22.9 Å². The second-order valence-electron chi connectivity index (χ2n) is 4.14. The molecule has 0 aromatic carbocycles. The Morgan fingerprint density at radius 2 is 2.20 bits per heavy atom. The van der Waals surface area contributed by atoms with Crippen molar-refractivity contribution < 1.29 is 14.7 Å². The Balaban J connectivity index is 2.99. The van der Waals surface area contributed by atoms with Crippen LogP contribution in [-0.2, 0) is 4.79 Å². The monoisotopic (exact) mass is 317 g/mol. The molecule has 1 heterocycles. The third-order valence-electron chi connectivity index (χ3n) is 2.69. The molecule has 1 rings (SSSR count). The van der Waals surface area contributed by atoms with Crippen LogP contribution in [0.1, 0.15) is 24.3 Å². The molecule has 0 saturated carbocycles. The van der Waals surface area contributed by atoms with Crippen molar-refractivity contribution in [2.45, 2.75) is 19.0 Å². The number of nitrogens with zero attached hydrogens (tertiary/aromatic N) is 3. The van der Waals surface area contributed by atoms with Gasteiger partial charge < -0.3 is 10.0 Å². The van der Waals surface area contributed by atoms with Crippen molar-refractivity contribution in [1.82, 2.24) is 14.9 Å². The predicted octanol–water partition coefficient (Wildman–Crippen LogP) is 2.03. The smallest absolute Gasteiger partial charge is 0.308 e. The Hall–Kier alpha value is -1.34. The summed E-state index contributed by atoms with van der Waals surface area (Å²) in [5.74, 6) is -1.99. The molecule has 0 aliphatic rings. The number of halogens is 1. The minimum Gasteiger partial charge on any atom is -0.481 e. The molecular formula is C12H16ClN3O3S. The summed E-state index contributed by atoms with van der Waals surface area (Å²) in [6.45, 7) is 3.81. The Labute approximate surface area is 126 Å². The summed E-state index contributed by atoms with van der Waals surface area (Å²) in [7, 11) is 0. The molecule has 0 radical (unpaired) electrons. The van der Waals surface area contributed by atoms with Crippen molar-refractivity contribution in [1.29, 1.82) is 0 Å². The molecule has 0 bridgehead atoms. The van der Waals surface area contributed by atoms with Crippen LogP contribution in [0.4, 0.5) is 0 Å². The number of hydrogen-bond acceptors (Lipinski definition) is 5. The first kappa shape index (κ1) is 16.7. The second-order valence-corrected chi connectivity index (χ2v) is 5.32. The van der Waals surface area contributed by atoms with Gasteiger partial charge in [-0.3, -0.25) is 9.59 Å². The van der Waals surface area contributed by atoms with Gasteiger partial charge in [0.1, 0.15) is 0 Å². The molecule has 0 spiro atoms. The van der Waals surface area contributed by atoms with Gasteiger partial charge in [-0.2, -0.15) is 0 Å². The summed E-state index contributed by atoms with van der Waals surface area (Å²) < 4.78 is 0. The average molecular weight is 318 g/mol. The highest BCUT2D eigenvalue weighted by Gasteiger charge is 2.23. The lowest BCUT2D eigenvalue weighted by Crippen LogP contribution is -2.37. The van der Waals surface area contributed by atoms with Gasteiger partial charge in [0.25, 0.3) is 5.91 Å². The third kappa shape index (κ3) is 4.08. The van der Waals surface area contributed by atoms with E-state index >= 15 is 0 Å². The normalized spacial score (nSPS) is 12.0. The van der Waals surface area contributed by atoms with E-state index < -0.39 is 11.9 Å². The highest BCUT2D eigenvalue weighted by molar-refractivity contribution is 7.98. The van der Waals surface area contributed by atoms with Gasteiger partial charge in [0.2, 0.25) is 0 Å². The number of aromatic nitrogens is 2. The predicted molar refractivity (Wildman–Crippen MR) is 77.2 cm³/mol. The molecule has 8 heteroatoms. The van der Waals surface area contributed by atoms with Crippen molar-refractivity contribution >= 4 is 35.2 Å². The minimum absolute atomic E-state index is 0.102. The number of amides is 1. The van der Waals surface area contributed by atoms with Gasteiger partial charge in [0.05, 0.1) is 17.1 Å². The molecule has 1 amide bonds. The van der Waals surface area contributed by atoms with Gasteiger partial charge in [0, 0.05) is 13.1 Å². The summed E-state index contributed by atoms with van der Waals surface area (Å²) in [4.78, 5) is 32.7. The van der Waals surface area contributed by atoms with Crippen LogP contribution < -0.4 is 0 Å². The number of carboxylic acid groups (broad SMARTS) is 1. The highest BCUT2D eigenvalue weighted by Crippen LogP contribution is 2.18. The molecule has 1 N–H and O–H groups in total. The highest BCUT2D eigenvalue weighted by atomic mass is 35.5. The molecule has 20 heavy (non-hydrogen) atoms. The Kier molecular flexibility index (Phi) is 6.22. The van der Waals surface area contributed by atoms with E-state index in [2.05, 4.69) is 9.97 Å². The Morgan fingerprint density at radius 3 is 2.70 bits per heavy atom. The summed E-state index contributed by atoms with van der Waals surface area (Å²) in [6.07, 6.45) is 3.17. The van der Waals surface area contributed by atoms with E-state index in [1.54, 1.807) is 20.1 Å². The van der Waals surface area contributed by atoms with Crippen LogP contribution in [0.5, 0.6) is 0 Å². The molecule has 1 aromatic heterocycles. The lowest BCUT2D eigenvalue weighted by atomic mass is 10.1. The van der Waals surface area contributed by atoms with Crippen LogP contribution in [0.25, 0.3) is 0 Å². The van der Waals surface area contributed by atoms with E-state index in [0.29, 0.717) is 11.7 Å². The number of thioether (sulfide) groups is 1. The lowest BCUT2D eigenvalue weighted by Gasteiger charge is -2.22. The van der Waals surface area contributed by atoms with Crippen molar-refractivity contribution in [2.75, 3.05) is 19.3 Å². The number of rotatable bonds is 6. The van der Waals surface area contributed by atoms with Crippen LogP contribution in [0, 0.1) is 5.92 Å². The molecule has 0 aliphatic heterocycles. The van der Waals surface area contributed by atoms with Gasteiger partial charge >= 0.3 is 5.97 Å². The summed E-state index contributed by atoms with van der Waals surface area (Å²) >= 11 is 7.25. The van der Waals surface area contributed by atoms with Crippen LogP contribution >= 0.6 is 23.4 Å². The molecule has 0 aliphatic carbocycles. The second kappa shape index (κ2) is 7.44. The first-order valence-corrected chi connectivity index (χ1v) is 7.59. The number of carboxylic acids is 1. The number of carbonyl (C=O) groups excluding carboxylic acids is 1. The van der Waals surface area contributed by atoms with E-state index in [0.717, 1.165) is 0 Å². The van der Waals surface area contributed by atoms with Crippen molar-refractivity contribution in [2.24, 2.45) is 5.92 Å². The van der Waals surface area contributed by atoms with Crippen molar-refractivity contribution in [3.63, 3.8) is 0 Å². The van der Waals surface area contributed by atoms with Crippen molar-refractivity contribution in [3.8, 4) is 0 Å². The topological polar surface area (TPSA) is 83.4 Å². The van der Waals surface area contributed by atoms with Crippen molar-refractivity contribution in [3.05, 3.63) is 16.9 Å². The molecule has 1 aromatic rings. The summed E-state index contributed by atoms with van der Waals surface area (Å²) in [5, 5.41) is 9.53. The molecule has 6 nitrogen and oxygen atoms in total. The summed E-state index contributed by atoms with van der Waals surface area (Å²) in [5.41, 5.74) is 0.102. The zero-order valence-corrected chi connectivity index (χ0v) is 13.0. The third-order valence-corrected chi connectivity index (χ3v) is 3.53. The van der Waals surface area contributed by atoms with E-state index in [-0.39, 0.29) is 23.2 Å². The van der Waals surface area contributed by atoms with Gasteiger partial charge in [0.15, 0.2) is 10.9 Å². The number of carbonyl (C=O) groups is 2. The SMILES string of the molecule is CCN(CC(C)C(=O)O)C(=O)c1nc(SC)ncc1Cl. The lowest BCUT2D eigenvalue weighted by molar-refractivity contribution is -0.141. The fraction of sp³-hybridized carbons (Fsp3) is 0.500. The van der Waals surface area contributed by atoms with E-state index in [1.807, 2.05) is 0 Å². The maximum absolute atomic E-state index is 12.4. The van der Waals surface area contributed by atoms with Gasteiger partial charge in [-0.1, -0.05) is 30.3 Å². The minimum atomic E-state index is -0.949. The molecule has 1 unspecified atom stereocenters. The zero-order valence-electron chi connectivity index (χ0n) is 11.5. The maximum Gasteiger partial charge on any atom is 0.308 e. The first-order chi connectivity index (χ1) is 9.40. The standard InChI is InChI=1S/C12H16ClN3O3S/c1-4-16(6-7(2)11(18)19)10(17)9-8(13)5-14-12(15-9)20-3/h5,7H,4,6H2,1-3H3,(H,18,19). The number of hydrogen-bond donors (Lipinski definition) is 1. The zero-order chi connectivity index (χ0) is 15.3. The van der Waals surface area contributed by atoms with Crippen LogP contribution in [0.2, 0.25) is 5.02 Å². The van der Waals surface area contributed by atoms with Crippen LogP contribution in [0.3, 0.4) is 0 Å². The van der Waals surface area contributed by atoms with Crippen LogP contribution in [0.15, 0.2) is 11.4 Å². The maximum atomic E-state index is 12.4. The molecule has 0 fully saturated rings. The molecule has 110 valence electrons. The van der Waals surface area contributed by atoms with E-state index in [4.69, 9.17) is 16.7 Å².